The van der Waals surface area contributed by atoms with Crippen LogP contribution in [0.3, 0.4) is 0 Å². The first-order valence-electron chi connectivity index (χ1n) is 16.7. The van der Waals surface area contributed by atoms with E-state index < -0.39 is 16.1 Å². The zero-order valence-corrected chi connectivity index (χ0v) is 27.9. The van der Waals surface area contributed by atoms with Crippen molar-refractivity contribution in [3.63, 3.8) is 0 Å². The molecule has 0 heterocycles. The van der Waals surface area contributed by atoms with Gasteiger partial charge in [-0.15, -0.1) is 0 Å². The maximum Gasteiger partial charge on any atom is 0.328 e. The Hall–Kier alpha value is -1.84. The van der Waals surface area contributed by atoms with E-state index >= 15 is 0 Å². The predicted octanol–water partition coefficient (Wildman–Crippen LogP) is 5.39. The predicted molar refractivity (Wildman–Crippen MR) is 170 cm³/mol. The Morgan fingerprint density at radius 2 is 1.65 bits per heavy atom. The molecule has 2 amide bonds. The number of hydrogen-bond donors (Lipinski definition) is 4. The summed E-state index contributed by atoms with van der Waals surface area (Å²) in [6, 6.07) is 5.73. The van der Waals surface area contributed by atoms with Gasteiger partial charge < -0.3 is 20.4 Å². The molecule has 4 N–H and O–H groups in total. The van der Waals surface area contributed by atoms with E-state index in [2.05, 4.69) is 37.7 Å². The van der Waals surface area contributed by atoms with Crippen LogP contribution in [-0.4, -0.2) is 57.5 Å². The number of urea groups is 1. The van der Waals surface area contributed by atoms with Crippen LogP contribution < -0.4 is 14.9 Å². The van der Waals surface area contributed by atoms with Crippen molar-refractivity contribution in [3.8, 4) is 0 Å². The maximum atomic E-state index is 12.7. The third-order valence-electron chi connectivity index (χ3n) is 12.9. The van der Waals surface area contributed by atoms with E-state index in [-0.39, 0.29) is 33.9 Å². The normalized spacial score (nSPS) is 39.6. The van der Waals surface area contributed by atoms with E-state index in [0.717, 1.165) is 57.1 Å². The Morgan fingerprint density at radius 3 is 2.30 bits per heavy atom. The highest BCUT2D eigenvalue weighted by Crippen LogP contribution is 2.69. The average molecular weight is 618 g/mol. The molecule has 0 aliphatic heterocycles. The van der Waals surface area contributed by atoms with Crippen molar-refractivity contribution in [3.05, 3.63) is 24.3 Å². The minimum absolute atomic E-state index is 0.0574. The number of benzene rings is 1. The van der Waals surface area contributed by atoms with Crippen LogP contribution >= 0.6 is 0 Å². The molecule has 8 nitrogen and oxygen atoms in total. The summed E-state index contributed by atoms with van der Waals surface area (Å²) in [6.07, 6.45) is 8.59. The van der Waals surface area contributed by atoms with Gasteiger partial charge in [-0.25, -0.2) is 17.9 Å². The third kappa shape index (κ3) is 5.83. The van der Waals surface area contributed by atoms with Crippen molar-refractivity contribution in [1.82, 2.24) is 10.0 Å². The summed E-state index contributed by atoms with van der Waals surface area (Å²) < 4.78 is 27.6. The van der Waals surface area contributed by atoms with Gasteiger partial charge in [-0.3, -0.25) is 0 Å². The lowest BCUT2D eigenvalue weighted by atomic mass is 9.41. The van der Waals surface area contributed by atoms with Gasteiger partial charge in [-0.1, -0.05) is 34.1 Å². The fourth-order valence-corrected chi connectivity index (χ4v) is 11.6. The lowest BCUT2D eigenvalue weighted by Crippen LogP contribution is -2.62. The lowest BCUT2D eigenvalue weighted by molar-refractivity contribution is -0.203. The lowest BCUT2D eigenvalue weighted by Gasteiger charge is -2.64. The molecular formula is C34H55N3O5S. The molecule has 242 valence electrons. The number of nitrogens with one attached hydrogen (secondary N) is 2. The van der Waals surface area contributed by atoms with Crippen LogP contribution in [0.25, 0.3) is 0 Å². The van der Waals surface area contributed by atoms with E-state index in [4.69, 9.17) is 0 Å². The second-order valence-electron chi connectivity index (χ2n) is 15.1. The van der Waals surface area contributed by atoms with Crippen molar-refractivity contribution >= 4 is 21.7 Å². The van der Waals surface area contributed by atoms with Gasteiger partial charge in [0.1, 0.15) is 0 Å². The van der Waals surface area contributed by atoms with Gasteiger partial charge in [-0.2, -0.15) is 0 Å². The Morgan fingerprint density at radius 1 is 1.00 bits per heavy atom. The highest BCUT2D eigenvalue weighted by atomic mass is 32.2. The van der Waals surface area contributed by atoms with Gasteiger partial charge in [0, 0.05) is 26.3 Å². The minimum Gasteiger partial charge on any atom is -0.393 e. The zero-order valence-electron chi connectivity index (χ0n) is 27.1. The molecule has 4 aliphatic rings. The molecule has 0 radical (unpaired) electrons. The molecule has 0 bridgehead atoms. The number of aliphatic hydroxyl groups is 2. The highest BCUT2D eigenvalue weighted by molar-refractivity contribution is 7.90. The van der Waals surface area contributed by atoms with Crippen LogP contribution in [0.2, 0.25) is 0 Å². The van der Waals surface area contributed by atoms with Gasteiger partial charge in [0.15, 0.2) is 0 Å². The molecule has 4 aliphatic carbocycles. The number of fused-ring (bicyclic) bond motifs is 5. The van der Waals surface area contributed by atoms with E-state index in [0.29, 0.717) is 42.1 Å². The first-order valence-corrected chi connectivity index (χ1v) is 18.2. The second kappa shape index (κ2) is 12.2. The number of aliphatic hydroxyl groups excluding tert-OH is 2. The van der Waals surface area contributed by atoms with Crippen molar-refractivity contribution in [2.24, 2.45) is 52.3 Å². The summed E-state index contributed by atoms with van der Waals surface area (Å²) in [7, 11) is -0.189. The molecule has 11 atom stereocenters. The topological polar surface area (TPSA) is 119 Å². The van der Waals surface area contributed by atoms with E-state index in [9.17, 15) is 23.4 Å². The minimum atomic E-state index is -3.95. The van der Waals surface area contributed by atoms with Crippen LogP contribution in [0.1, 0.15) is 85.5 Å². The number of hydrogen-bond acceptors (Lipinski definition) is 6. The van der Waals surface area contributed by atoms with Crippen LogP contribution in [0, 0.1) is 52.3 Å². The van der Waals surface area contributed by atoms with Gasteiger partial charge in [0.2, 0.25) is 0 Å². The number of carbonyl (C=O) groups excluding carboxylic acids is 1. The van der Waals surface area contributed by atoms with Crippen molar-refractivity contribution in [2.75, 3.05) is 25.5 Å². The largest absolute Gasteiger partial charge is 0.393 e. The molecule has 9 heteroatoms. The van der Waals surface area contributed by atoms with Crippen LogP contribution in [0.15, 0.2) is 29.2 Å². The first-order chi connectivity index (χ1) is 20.2. The molecule has 0 unspecified atom stereocenters. The summed E-state index contributed by atoms with van der Waals surface area (Å²) in [5, 5.41) is 25.2. The van der Waals surface area contributed by atoms with Crippen molar-refractivity contribution < 1.29 is 23.4 Å². The van der Waals surface area contributed by atoms with Crippen LogP contribution in [0.4, 0.5) is 10.5 Å². The number of sulfonamides is 1. The van der Waals surface area contributed by atoms with Crippen molar-refractivity contribution in [2.45, 2.75) is 103 Å². The molecule has 4 saturated carbocycles. The van der Waals surface area contributed by atoms with Gasteiger partial charge in [0.05, 0.1) is 17.1 Å². The molecule has 4 fully saturated rings. The van der Waals surface area contributed by atoms with Gasteiger partial charge >= 0.3 is 6.03 Å². The fraction of sp³-hybridized carbons (Fsp3) is 0.794. The molecular weight excluding hydrogens is 562 g/mol. The van der Waals surface area contributed by atoms with Crippen LogP contribution in [-0.2, 0) is 10.0 Å². The number of anilines is 1. The molecule has 5 rings (SSSR count). The maximum absolute atomic E-state index is 12.7. The number of rotatable bonds is 8. The summed E-state index contributed by atoms with van der Waals surface area (Å²) in [5.41, 5.74) is 1.23. The van der Waals surface area contributed by atoms with Crippen LogP contribution in [0.5, 0.6) is 0 Å². The summed E-state index contributed by atoms with van der Waals surface area (Å²) in [5.74, 6) is 2.86. The number of amides is 2. The monoisotopic (exact) mass is 617 g/mol. The number of carbonyl (C=O) groups is 1. The molecule has 1 aromatic rings. The average Bonchev–Trinajstić information content (AvgIpc) is 3.31. The zero-order chi connectivity index (χ0) is 31.3. The summed E-state index contributed by atoms with van der Waals surface area (Å²) in [6.45, 7) is 9.84. The second-order valence-corrected chi connectivity index (χ2v) is 16.8. The molecule has 0 saturated heterocycles. The smallest absolute Gasteiger partial charge is 0.328 e. The SMILES string of the molecule is CC[C@H]1[C@@H](O)[C@@H]2[C@H](CC[C@]3(C)[C@@H]([C@H](C)CCNC(=O)NS(=O)(=O)c4ccc(N(C)C)cc4)CC[C@@H]23)[C@@]2(C)CC[C@@H](O)C[C@@H]12. The third-order valence-corrected chi connectivity index (χ3v) is 14.3. The number of nitrogens with zero attached hydrogens (tertiary/aromatic N) is 1. The van der Waals surface area contributed by atoms with E-state index in [1.807, 2.05) is 19.0 Å². The van der Waals surface area contributed by atoms with Gasteiger partial charge in [0.25, 0.3) is 10.0 Å². The molecule has 43 heavy (non-hydrogen) atoms. The quantitative estimate of drug-likeness (QED) is 0.311. The Kier molecular flexibility index (Phi) is 9.21. The Balaban J connectivity index is 1.20. The van der Waals surface area contributed by atoms with Gasteiger partial charge in [-0.05, 0) is 128 Å². The summed E-state index contributed by atoms with van der Waals surface area (Å²) in [4.78, 5) is 14.5. The molecule has 0 spiro atoms. The van der Waals surface area contributed by atoms with Crippen molar-refractivity contribution in [1.29, 1.82) is 0 Å². The summed E-state index contributed by atoms with van der Waals surface area (Å²) >= 11 is 0. The van der Waals surface area contributed by atoms with E-state index in [1.54, 1.807) is 12.1 Å². The Labute approximate surface area is 259 Å². The van der Waals surface area contributed by atoms with E-state index in [1.165, 1.54) is 18.6 Å². The molecule has 1 aromatic carbocycles. The fourth-order valence-electron chi connectivity index (χ4n) is 10.7. The highest BCUT2D eigenvalue weighted by Gasteiger charge is 2.64. The molecule has 0 aromatic heterocycles. The Bertz CT molecular complexity index is 1250. The standard InChI is InChI=1S/C34H55N3O5S/c1-7-25-29-20-23(38)14-17-34(29,4)28-15-18-33(3)26(12-13-27(33)30(28)31(25)39)21(2)16-19-35-32(40)36-43(41,42)24-10-8-22(9-11-24)37(5)6/h8-11,21,23,25-31,38-39H,7,12-20H2,1-6H3,(H2,35,36,40)/t21-,23-,25-,26-,27+,28+,29+,30+,31-,33-,34-/m1/s1. The first kappa shape index (κ1) is 32.6.